The van der Waals surface area contributed by atoms with Crippen molar-refractivity contribution >= 4 is 17.1 Å². The van der Waals surface area contributed by atoms with Crippen LogP contribution < -0.4 is 5.43 Å². The van der Waals surface area contributed by atoms with E-state index in [1.54, 1.807) is 18.2 Å². The Morgan fingerprint density at radius 2 is 2.14 bits per heavy atom. The van der Waals surface area contributed by atoms with Crippen LogP contribution in [0.1, 0.15) is 13.3 Å². The molecule has 0 unspecified atom stereocenters. The van der Waals surface area contributed by atoms with E-state index in [1.807, 2.05) is 6.92 Å². The molecule has 1 aliphatic heterocycles. The first-order valence-corrected chi connectivity index (χ1v) is 6.99. The molecule has 1 aliphatic rings. The second-order valence-corrected chi connectivity index (χ2v) is 4.94. The number of hydrogen-bond acceptors (Lipinski definition) is 6. The Labute approximate surface area is 123 Å². The van der Waals surface area contributed by atoms with Crippen molar-refractivity contribution in [3.63, 3.8) is 0 Å². The van der Waals surface area contributed by atoms with E-state index in [2.05, 4.69) is 15.4 Å². The summed E-state index contributed by atoms with van der Waals surface area (Å²) in [5.41, 5.74) is 4.14. The molecule has 0 bridgehead atoms. The van der Waals surface area contributed by atoms with Crippen LogP contribution in [0.3, 0.4) is 0 Å². The highest BCUT2D eigenvalue weighted by Gasteiger charge is 2.12. The Bertz CT molecular complexity index is 513. The third kappa shape index (κ3) is 4.80. The van der Waals surface area contributed by atoms with Crippen LogP contribution in [0.4, 0.5) is 11.4 Å². The fraction of sp³-hybridized carbons (Fsp3) is 0.500. The Morgan fingerprint density at radius 3 is 2.86 bits per heavy atom. The van der Waals surface area contributed by atoms with Gasteiger partial charge in [-0.15, -0.1) is 0 Å². The van der Waals surface area contributed by atoms with Crippen molar-refractivity contribution in [1.29, 1.82) is 0 Å². The van der Waals surface area contributed by atoms with Crippen LogP contribution >= 0.6 is 0 Å². The van der Waals surface area contributed by atoms with Crippen LogP contribution in [0, 0.1) is 10.1 Å². The molecule has 0 saturated carbocycles. The summed E-state index contributed by atoms with van der Waals surface area (Å²) < 4.78 is 5.30. The quantitative estimate of drug-likeness (QED) is 0.493. The van der Waals surface area contributed by atoms with Gasteiger partial charge in [-0.05, 0) is 19.4 Å². The van der Waals surface area contributed by atoms with Crippen LogP contribution in [0.2, 0.25) is 0 Å². The average Bonchev–Trinajstić information content (AvgIpc) is 2.52. The summed E-state index contributed by atoms with van der Waals surface area (Å²) in [4.78, 5) is 12.8. The van der Waals surface area contributed by atoms with E-state index in [0.29, 0.717) is 5.69 Å². The zero-order valence-corrected chi connectivity index (χ0v) is 12.1. The molecule has 0 radical (unpaired) electrons. The van der Waals surface area contributed by atoms with Gasteiger partial charge >= 0.3 is 0 Å². The maximum Gasteiger partial charge on any atom is 0.294 e. The van der Waals surface area contributed by atoms with Gasteiger partial charge in [0.05, 0.1) is 18.1 Å². The molecule has 2 rings (SSSR count). The predicted octanol–water partition coefficient (Wildman–Crippen LogP) is 2.10. The van der Waals surface area contributed by atoms with Gasteiger partial charge in [0.15, 0.2) is 0 Å². The van der Waals surface area contributed by atoms with Gasteiger partial charge in [0.1, 0.15) is 5.69 Å². The molecule has 1 saturated heterocycles. The van der Waals surface area contributed by atoms with Gasteiger partial charge in [-0.25, -0.2) is 0 Å². The van der Waals surface area contributed by atoms with Crippen LogP contribution in [-0.2, 0) is 4.74 Å². The van der Waals surface area contributed by atoms with Crippen molar-refractivity contribution in [2.24, 2.45) is 5.10 Å². The number of hydrazone groups is 1. The first-order valence-electron chi connectivity index (χ1n) is 6.99. The van der Waals surface area contributed by atoms with E-state index in [4.69, 9.17) is 4.74 Å². The maximum atomic E-state index is 10.9. The van der Waals surface area contributed by atoms with Gasteiger partial charge in [-0.2, -0.15) is 5.10 Å². The number of hydrogen-bond donors (Lipinski definition) is 1. The van der Waals surface area contributed by atoms with Gasteiger partial charge in [-0.3, -0.25) is 20.4 Å². The fourth-order valence-electron chi connectivity index (χ4n) is 2.08. The second kappa shape index (κ2) is 7.70. The molecule has 0 aromatic heterocycles. The van der Waals surface area contributed by atoms with Crippen LogP contribution in [0.5, 0.6) is 0 Å². The third-order valence-electron chi connectivity index (χ3n) is 3.36. The fourth-order valence-corrected chi connectivity index (χ4v) is 2.08. The van der Waals surface area contributed by atoms with Gasteiger partial charge in [0.25, 0.3) is 5.69 Å². The van der Waals surface area contributed by atoms with E-state index in [-0.39, 0.29) is 5.69 Å². The minimum absolute atomic E-state index is 0.0298. The summed E-state index contributed by atoms with van der Waals surface area (Å²) in [6, 6.07) is 6.49. The zero-order chi connectivity index (χ0) is 15.1. The molecule has 0 aliphatic carbocycles. The lowest BCUT2D eigenvalue weighted by molar-refractivity contribution is -0.384. The summed E-state index contributed by atoms with van der Waals surface area (Å²) in [6.45, 7) is 6.31. The number of nitrogens with zero attached hydrogens (tertiary/aromatic N) is 3. The van der Waals surface area contributed by atoms with Crippen molar-refractivity contribution in [2.75, 3.05) is 38.3 Å². The maximum absolute atomic E-state index is 10.9. The zero-order valence-electron chi connectivity index (χ0n) is 12.1. The summed E-state index contributed by atoms with van der Waals surface area (Å²) in [5, 5.41) is 15.1. The molecule has 21 heavy (non-hydrogen) atoms. The lowest BCUT2D eigenvalue weighted by Crippen LogP contribution is -2.37. The summed E-state index contributed by atoms with van der Waals surface area (Å²) in [6.07, 6.45) is 0.827. The number of nitro benzene ring substituents is 1. The number of para-hydroxylation sites is 2. The molecule has 1 aromatic carbocycles. The predicted molar refractivity (Wildman–Crippen MR) is 81.7 cm³/mol. The minimum Gasteiger partial charge on any atom is -0.379 e. The van der Waals surface area contributed by atoms with E-state index in [0.717, 1.165) is 45.0 Å². The molecule has 7 heteroatoms. The van der Waals surface area contributed by atoms with Gasteiger partial charge < -0.3 is 4.74 Å². The number of morpholine rings is 1. The highest BCUT2D eigenvalue weighted by atomic mass is 16.6. The molecular weight excluding hydrogens is 272 g/mol. The number of nitro groups is 1. The molecule has 1 aromatic rings. The lowest BCUT2D eigenvalue weighted by Gasteiger charge is -2.26. The molecule has 1 N–H and O–H groups in total. The molecule has 0 spiro atoms. The molecule has 114 valence electrons. The number of benzene rings is 1. The first kappa shape index (κ1) is 15.4. The summed E-state index contributed by atoms with van der Waals surface area (Å²) in [5.74, 6) is 0. The molecular formula is C14H20N4O3. The molecule has 0 amide bonds. The second-order valence-electron chi connectivity index (χ2n) is 4.94. The van der Waals surface area contributed by atoms with E-state index in [9.17, 15) is 10.1 Å². The molecule has 0 atom stereocenters. The molecule has 1 fully saturated rings. The van der Waals surface area contributed by atoms with Gasteiger partial charge in [-0.1, -0.05) is 12.1 Å². The van der Waals surface area contributed by atoms with Crippen molar-refractivity contribution in [3.05, 3.63) is 34.4 Å². The third-order valence-corrected chi connectivity index (χ3v) is 3.36. The lowest BCUT2D eigenvalue weighted by atomic mass is 10.2. The van der Waals surface area contributed by atoms with Crippen LogP contribution in [0.25, 0.3) is 0 Å². The summed E-state index contributed by atoms with van der Waals surface area (Å²) in [7, 11) is 0. The van der Waals surface area contributed by atoms with Crippen molar-refractivity contribution < 1.29 is 9.66 Å². The SMILES string of the molecule is C/C(CCN1CCOCC1)=N\Nc1ccccc1[N+](=O)[O-]. The Balaban J connectivity index is 1.86. The van der Waals surface area contributed by atoms with E-state index >= 15 is 0 Å². The summed E-state index contributed by atoms with van der Waals surface area (Å²) >= 11 is 0. The van der Waals surface area contributed by atoms with Gasteiger partial charge in [0, 0.05) is 31.4 Å². The van der Waals surface area contributed by atoms with Crippen molar-refractivity contribution in [3.8, 4) is 0 Å². The Morgan fingerprint density at radius 1 is 1.43 bits per heavy atom. The number of anilines is 1. The van der Waals surface area contributed by atoms with Crippen molar-refractivity contribution in [1.82, 2.24) is 4.90 Å². The molecule has 7 nitrogen and oxygen atoms in total. The Hall–Kier alpha value is -1.99. The standard InChI is InChI=1S/C14H20N4O3/c1-12(6-7-17-8-10-21-11-9-17)15-16-13-4-2-3-5-14(13)18(19)20/h2-5,16H,6-11H2,1H3/b15-12+. The van der Waals surface area contributed by atoms with E-state index in [1.165, 1.54) is 6.07 Å². The normalized spacial score (nSPS) is 16.7. The Kier molecular flexibility index (Phi) is 5.65. The minimum atomic E-state index is -0.416. The average molecular weight is 292 g/mol. The van der Waals surface area contributed by atoms with Gasteiger partial charge in [0.2, 0.25) is 0 Å². The smallest absolute Gasteiger partial charge is 0.294 e. The topological polar surface area (TPSA) is 80.0 Å². The largest absolute Gasteiger partial charge is 0.379 e. The first-order chi connectivity index (χ1) is 10.2. The van der Waals surface area contributed by atoms with Crippen LogP contribution in [-0.4, -0.2) is 48.4 Å². The van der Waals surface area contributed by atoms with E-state index < -0.39 is 4.92 Å². The number of rotatable bonds is 6. The monoisotopic (exact) mass is 292 g/mol. The molecule has 1 heterocycles. The highest BCUT2D eigenvalue weighted by molar-refractivity contribution is 5.83. The van der Waals surface area contributed by atoms with Crippen LogP contribution in [0.15, 0.2) is 29.4 Å². The number of nitrogens with one attached hydrogen (secondary N) is 1. The highest BCUT2D eigenvalue weighted by Crippen LogP contribution is 2.23. The number of ether oxygens (including phenoxy) is 1. The van der Waals surface area contributed by atoms with Crippen molar-refractivity contribution in [2.45, 2.75) is 13.3 Å².